The number of nitrogens with one attached hydrogen (secondary N) is 2. The van der Waals surface area contributed by atoms with E-state index >= 15 is 0 Å². The van der Waals surface area contributed by atoms with Crippen molar-refractivity contribution >= 4 is 11.7 Å². The quantitative estimate of drug-likeness (QED) is 0.771. The molecule has 0 saturated heterocycles. The van der Waals surface area contributed by atoms with Crippen LogP contribution in [0.1, 0.15) is 62.0 Å². The summed E-state index contributed by atoms with van der Waals surface area (Å²) < 4.78 is 0. The van der Waals surface area contributed by atoms with Gasteiger partial charge in [0.15, 0.2) is 0 Å². The van der Waals surface area contributed by atoms with Gasteiger partial charge in [-0.05, 0) is 43.2 Å². The number of hydrogen-bond acceptors (Lipinski definition) is 3. The number of hydrogen-bond donors (Lipinski definition) is 2. The fraction of sp³-hybridized carbons (Fsp3) is 0.647. The highest BCUT2D eigenvalue weighted by Crippen LogP contribution is 2.48. The van der Waals surface area contributed by atoms with Crippen molar-refractivity contribution < 1.29 is 4.79 Å². The molecule has 4 heteroatoms. The number of rotatable bonds is 8. The highest BCUT2D eigenvalue weighted by Gasteiger charge is 2.41. The first-order valence-corrected chi connectivity index (χ1v) is 8.09. The Labute approximate surface area is 127 Å². The van der Waals surface area contributed by atoms with Gasteiger partial charge in [-0.25, -0.2) is 4.98 Å². The van der Waals surface area contributed by atoms with E-state index in [2.05, 4.69) is 29.5 Å². The molecular formula is C17H27N3O. The van der Waals surface area contributed by atoms with Crippen molar-refractivity contribution in [3.63, 3.8) is 0 Å². The molecular weight excluding hydrogens is 262 g/mol. The van der Waals surface area contributed by atoms with E-state index in [-0.39, 0.29) is 5.91 Å². The molecule has 1 saturated carbocycles. The molecule has 1 aromatic rings. The van der Waals surface area contributed by atoms with Crippen molar-refractivity contribution in [2.75, 3.05) is 18.9 Å². The van der Waals surface area contributed by atoms with E-state index in [0.29, 0.717) is 11.0 Å². The predicted molar refractivity (Wildman–Crippen MR) is 86.7 cm³/mol. The number of aromatic nitrogens is 1. The summed E-state index contributed by atoms with van der Waals surface area (Å²) in [6.45, 7) is 5.13. The Kier molecular flexibility index (Phi) is 5.21. The minimum atomic E-state index is 0.0219. The number of anilines is 1. The van der Waals surface area contributed by atoms with Crippen molar-refractivity contribution in [2.45, 2.75) is 52.4 Å². The summed E-state index contributed by atoms with van der Waals surface area (Å²) in [6, 6.07) is 3.74. The van der Waals surface area contributed by atoms with Crippen LogP contribution in [-0.2, 0) is 6.42 Å². The topological polar surface area (TPSA) is 54.0 Å². The van der Waals surface area contributed by atoms with E-state index in [9.17, 15) is 4.79 Å². The molecule has 116 valence electrons. The lowest BCUT2D eigenvalue weighted by Gasteiger charge is -2.15. The van der Waals surface area contributed by atoms with Crippen molar-refractivity contribution in [1.82, 2.24) is 10.3 Å². The van der Waals surface area contributed by atoms with Crippen LogP contribution in [-0.4, -0.2) is 24.5 Å². The van der Waals surface area contributed by atoms with Gasteiger partial charge in [0, 0.05) is 24.8 Å². The number of carbonyl (C=O) groups excluding carboxylic acids is 1. The lowest BCUT2D eigenvalue weighted by atomic mass is 10.0. The molecule has 2 N–H and O–H groups in total. The van der Waals surface area contributed by atoms with Crippen LogP contribution in [0.15, 0.2) is 12.1 Å². The Morgan fingerprint density at radius 3 is 2.62 bits per heavy atom. The van der Waals surface area contributed by atoms with Crippen LogP contribution in [0.4, 0.5) is 5.82 Å². The van der Waals surface area contributed by atoms with Gasteiger partial charge < -0.3 is 10.6 Å². The summed E-state index contributed by atoms with van der Waals surface area (Å²) in [5.74, 6) is 0.787. The standard InChI is InChI=1S/C17H27N3O/c1-4-6-14-10-13(11-15(18-3)20-14)16(21)19-12-17(7-5-2)8-9-17/h10-11H,4-9,12H2,1-3H3,(H,18,20)(H,19,21). The first-order chi connectivity index (χ1) is 10.1. The maximum absolute atomic E-state index is 12.4. The summed E-state index contributed by atoms with van der Waals surface area (Å²) in [4.78, 5) is 16.9. The second kappa shape index (κ2) is 6.92. The van der Waals surface area contributed by atoms with Gasteiger partial charge in [0.25, 0.3) is 5.91 Å². The Balaban J connectivity index is 2.02. The maximum atomic E-state index is 12.4. The molecule has 1 aliphatic carbocycles. The second-order valence-corrected chi connectivity index (χ2v) is 6.17. The Morgan fingerprint density at radius 1 is 1.29 bits per heavy atom. The first-order valence-electron chi connectivity index (χ1n) is 8.09. The molecule has 0 aromatic carbocycles. The van der Waals surface area contributed by atoms with Gasteiger partial charge in [-0.1, -0.05) is 26.7 Å². The molecule has 21 heavy (non-hydrogen) atoms. The maximum Gasteiger partial charge on any atom is 0.251 e. The van der Waals surface area contributed by atoms with E-state index in [0.717, 1.165) is 30.9 Å². The zero-order valence-corrected chi connectivity index (χ0v) is 13.5. The second-order valence-electron chi connectivity index (χ2n) is 6.17. The summed E-state index contributed by atoms with van der Waals surface area (Å²) in [6.07, 6.45) is 6.83. The molecule has 1 aliphatic rings. The van der Waals surface area contributed by atoms with Gasteiger partial charge >= 0.3 is 0 Å². The van der Waals surface area contributed by atoms with Crippen molar-refractivity contribution in [3.05, 3.63) is 23.4 Å². The summed E-state index contributed by atoms with van der Waals surface area (Å²) in [5, 5.41) is 6.15. The minimum Gasteiger partial charge on any atom is -0.373 e. The summed E-state index contributed by atoms with van der Waals surface area (Å²) >= 11 is 0. The van der Waals surface area contributed by atoms with Gasteiger partial charge in [0.05, 0.1) is 0 Å². The third-order valence-electron chi connectivity index (χ3n) is 4.26. The lowest BCUT2D eigenvalue weighted by molar-refractivity contribution is 0.0943. The van der Waals surface area contributed by atoms with Crippen LogP contribution >= 0.6 is 0 Å². The van der Waals surface area contributed by atoms with Crippen molar-refractivity contribution in [2.24, 2.45) is 5.41 Å². The third kappa shape index (κ3) is 4.19. The zero-order chi connectivity index (χ0) is 15.3. The molecule has 1 fully saturated rings. The molecule has 0 radical (unpaired) electrons. The molecule has 0 aliphatic heterocycles. The van der Waals surface area contributed by atoms with E-state index < -0.39 is 0 Å². The zero-order valence-electron chi connectivity index (χ0n) is 13.5. The van der Waals surface area contributed by atoms with Crippen LogP contribution in [0.25, 0.3) is 0 Å². The average Bonchev–Trinajstić information content (AvgIpc) is 3.25. The number of aryl methyl sites for hydroxylation is 1. The Bertz CT molecular complexity index is 495. The number of nitrogens with zero attached hydrogens (tertiary/aromatic N) is 1. The van der Waals surface area contributed by atoms with E-state index in [1.165, 1.54) is 25.7 Å². The number of pyridine rings is 1. The SMILES string of the molecule is CCCc1cc(C(=O)NCC2(CCC)CC2)cc(NC)n1. The largest absolute Gasteiger partial charge is 0.373 e. The van der Waals surface area contributed by atoms with E-state index in [1.807, 2.05) is 19.2 Å². The molecule has 0 atom stereocenters. The third-order valence-corrected chi connectivity index (χ3v) is 4.26. The summed E-state index contributed by atoms with van der Waals surface area (Å²) in [5.41, 5.74) is 2.07. The van der Waals surface area contributed by atoms with Crippen LogP contribution in [0.2, 0.25) is 0 Å². The fourth-order valence-corrected chi connectivity index (χ4v) is 2.82. The van der Waals surface area contributed by atoms with Gasteiger partial charge in [-0.3, -0.25) is 4.79 Å². The van der Waals surface area contributed by atoms with E-state index in [4.69, 9.17) is 0 Å². The molecule has 1 heterocycles. The van der Waals surface area contributed by atoms with Gasteiger partial charge in [0.2, 0.25) is 0 Å². The molecule has 0 bridgehead atoms. The average molecular weight is 289 g/mol. The lowest BCUT2D eigenvalue weighted by Crippen LogP contribution is -2.30. The Morgan fingerprint density at radius 2 is 2.05 bits per heavy atom. The first kappa shape index (κ1) is 15.8. The van der Waals surface area contributed by atoms with Crippen molar-refractivity contribution in [3.8, 4) is 0 Å². The smallest absolute Gasteiger partial charge is 0.251 e. The highest BCUT2D eigenvalue weighted by atomic mass is 16.1. The molecule has 4 nitrogen and oxygen atoms in total. The van der Waals surface area contributed by atoms with Crippen LogP contribution in [0.3, 0.4) is 0 Å². The predicted octanol–water partition coefficient (Wildman–Crippen LogP) is 3.39. The van der Waals surface area contributed by atoms with Gasteiger partial charge in [-0.2, -0.15) is 0 Å². The molecule has 1 aromatic heterocycles. The normalized spacial score (nSPS) is 15.6. The summed E-state index contributed by atoms with van der Waals surface area (Å²) in [7, 11) is 1.83. The van der Waals surface area contributed by atoms with Crippen LogP contribution in [0.5, 0.6) is 0 Å². The Hall–Kier alpha value is -1.58. The molecule has 0 unspecified atom stereocenters. The number of carbonyl (C=O) groups is 1. The van der Waals surface area contributed by atoms with Crippen molar-refractivity contribution in [1.29, 1.82) is 0 Å². The molecule has 2 rings (SSSR count). The van der Waals surface area contributed by atoms with Gasteiger partial charge in [-0.15, -0.1) is 0 Å². The minimum absolute atomic E-state index is 0.0219. The monoisotopic (exact) mass is 289 g/mol. The van der Waals surface area contributed by atoms with Gasteiger partial charge in [0.1, 0.15) is 5.82 Å². The molecule has 0 spiro atoms. The highest BCUT2D eigenvalue weighted by molar-refractivity contribution is 5.95. The van der Waals surface area contributed by atoms with Crippen LogP contribution in [0, 0.1) is 5.41 Å². The van der Waals surface area contributed by atoms with E-state index in [1.54, 1.807) is 0 Å². The number of amides is 1. The fourth-order valence-electron chi connectivity index (χ4n) is 2.82. The van der Waals surface area contributed by atoms with Crippen LogP contribution < -0.4 is 10.6 Å². The molecule has 1 amide bonds.